The van der Waals surface area contributed by atoms with Gasteiger partial charge in [0.25, 0.3) is 0 Å². The van der Waals surface area contributed by atoms with Crippen LogP contribution in [0.3, 0.4) is 0 Å². The average molecular weight is 436 g/mol. The van der Waals surface area contributed by atoms with Crippen molar-refractivity contribution in [3.05, 3.63) is 13.3 Å². The summed E-state index contributed by atoms with van der Waals surface area (Å²) in [4.78, 5) is 0. The molecule has 0 unspecified atom stereocenters. The predicted molar refractivity (Wildman–Crippen MR) is 67.2 cm³/mol. The van der Waals surface area contributed by atoms with Crippen LogP contribution in [0, 0.1) is 13.3 Å². The molecule has 0 amide bonds. The molecule has 0 bridgehead atoms. The average Bonchev–Trinajstić information content (AvgIpc) is 2.11. The van der Waals surface area contributed by atoms with Crippen molar-refractivity contribution >= 4 is 26.9 Å². The molecule has 0 rings (SSSR count). The van der Waals surface area contributed by atoms with Crippen molar-refractivity contribution in [1.82, 2.24) is 21.5 Å². The van der Waals surface area contributed by atoms with E-state index in [2.05, 4.69) is 61.7 Å². The minimum absolute atomic E-state index is 0.386. The first-order chi connectivity index (χ1) is 7.04. The topological polar surface area (TPSA) is 48.1 Å². The molecule has 0 aromatic heterocycles. The van der Waals surface area contributed by atoms with E-state index in [1.54, 1.807) is 0 Å². The molecule has 0 saturated carbocycles. The van der Waals surface area contributed by atoms with Crippen LogP contribution in [0.15, 0.2) is 0 Å². The molecule has 4 N–H and O–H groups in total. The number of rotatable bonds is 7. The summed E-state index contributed by atoms with van der Waals surface area (Å²) in [5.74, 6) is 0. The van der Waals surface area contributed by atoms with Gasteiger partial charge in [0.1, 0.15) is 0 Å². The van der Waals surface area contributed by atoms with Gasteiger partial charge in [0.05, 0.1) is 0 Å². The SMILES string of the molecule is CC(C)N[C]NN[C]NC(C)C.[Br][Pd][Br]. The van der Waals surface area contributed by atoms with Crippen molar-refractivity contribution in [2.45, 2.75) is 39.8 Å². The van der Waals surface area contributed by atoms with Gasteiger partial charge in [0.2, 0.25) is 0 Å². The monoisotopic (exact) mass is 434 g/mol. The Labute approximate surface area is 115 Å². The Morgan fingerprint density at radius 1 is 0.867 bits per heavy atom. The number of hydrogen-bond acceptors (Lipinski definition) is 4. The van der Waals surface area contributed by atoms with Gasteiger partial charge in [0, 0.05) is 12.1 Å². The Bertz CT molecular complexity index is 105. The zero-order valence-corrected chi connectivity index (χ0v) is 14.0. The van der Waals surface area contributed by atoms with Crippen LogP contribution in [0.5, 0.6) is 0 Å². The summed E-state index contributed by atoms with van der Waals surface area (Å²) in [7, 11) is 0. The van der Waals surface area contributed by atoms with Gasteiger partial charge < -0.3 is 0 Å². The van der Waals surface area contributed by atoms with E-state index in [1.807, 2.05) is 27.7 Å². The molecule has 0 aromatic carbocycles. The molecule has 15 heavy (non-hydrogen) atoms. The molecule has 0 aromatic rings. The molecule has 94 valence electrons. The molecule has 0 aliphatic carbocycles. The second-order valence-corrected chi connectivity index (χ2v) is 10.3. The molecular weight excluding hydrogens is 418 g/mol. The summed E-state index contributed by atoms with van der Waals surface area (Å²) in [5, 5.41) is 5.88. The molecule has 0 atom stereocenters. The van der Waals surface area contributed by atoms with Gasteiger partial charge >= 0.3 is 40.8 Å². The third-order valence-electron chi connectivity index (χ3n) is 0.909. The van der Waals surface area contributed by atoms with Crippen LogP contribution < -0.4 is 21.5 Å². The number of hydrazine groups is 1. The quantitative estimate of drug-likeness (QED) is 0.213. The molecule has 7 heteroatoms. The molecule has 0 fully saturated rings. The fourth-order valence-corrected chi connectivity index (χ4v) is 0.423. The molecule has 4 nitrogen and oxygen atoms in total. The Balaban J connectivity index is 0. The van der Waals surface area contributed by atoms with E-state index in [0.29, 0.717) is 26.0 Å². The maximum atomic E-state index is 3.11. The summed E-state index contributed by atoms with van der Waals surface area (Å²) >= 11 is 6.80. The van der Waals surface area contributed by atoms with Crippen molar-refractivity contribution in [2.75, 3.05) is 0 Å². The molecule has 0 aliphatic rings. The van der Waals surface area contributed by atoms with Crippen molar-refractivity contribution in [2.24, 2.45) is 0 Å². The van der Waals surface area contributed by atoms with Crippen LogP contribution >= 0.6 is 26.9 Å². The molecule has 0 aliphatic heterocycles. The minimum atomic E-state index is 0.386. The van der Waals surface area contributed by atoms with E-state index in [9.17, 15) is 0 Å². The Hall–Kier alpha value is 1.46. The van der Waals surface area contributed by atoms with Crippen LogP contribution in [0.1, 0.15) is 27.7 Å². The van der Waals surface area contributed by atoms with Crippen LogP contribution in [0.2, 0.25) is 0 Å². The van der Waals surface area contributed by atoms with Gasteiger partial charge in [0.15, 0.2) is 13.3 Å². The third-order valence-corrected chi connectivity index (χ3v) is 0.909. The van der Waals surface area contributed by atoms with Crippen molar-refractivity contribution in [3.63, 3.8) is 0 Å². The fraction of sp³-hybridized carbons (Fsp3) is 0.750. The van der Waals surface area contributed by atoms with Crippen molar-refractivity contribution in [3.8, 4) is 0 Å². The van der Waals surface area contributed by atoms with Gasteiger partial charge in [-0.3, -0.25) is 10.6 Å². The summed E-state index contributed by atoms with van der Waals surface area (Å²) in [6.07, 6.45) is 0. The van der Waals surface area contributed by atoms with Crippen molar-refractivity contribution in [1.29, 1.82) is 0 Å². The Morgan fingerprint density at radius 3 is 1.33 bits per heavy atom. The van der Waals surface area contributed by atoms with Gasteiger partial charge in [-0.2, -0.15) is 0 Å². The molecule has 0 spiro atoms. The van der Waals surface area contributed by atoms with E-state index in [4.69, 9.17) is 0 Å². The van der Waals surface area contributed by atoms with Crippen molar-refractivity contribution < 1.29 is 13.9 Å². The predicted octanol–water partition coefficient (Wildman–Crippen LogP) is 1.76. The van der Waals surface area contributed by atoms with Crippen LogP contribution in [-0.4, -0.2) is 12.1 Å². The first kappa shape index (κ1) is 18.8. The number of nitrogens with one attached hydrogen (secondary N) is 4. The van der Waals surface area contributed by atoms with Crippen LogP contribution in [0.25, 0.3) is 0 Å². The second kappa shape index (κ2) is 15.5. The summed E-state index contributed by atoms with van der Waals surface area (Å²) in [6, 6.07) is 0.773. The fourth-order valence-electron chi connectivity index (χ4n) is 0.423. The zero-order valence-electron chi connectivity index (χ0n) is 9.23. The summed E-state index contributed by atoms with van der Waals surface area (Å²) < 4.78 is 0. The van der Waals surface area contributed by atoms with E-state index in [1.165, 1.54) is 0 Å². The Kier molecular flexibility index (Phi) is 19.4. The number of halogens is 2. The van der Waals surface area contributed by atoms with E-state index >= 15 is 0 Å². The molecule has 4 radical (unpaired) electrons. The van der Waals surface area contributed by atoms with Gasteiger partial charge in [-0.05, 0) is 27.7 Å². The normalized spacial score (nSPS) is 10.7. The summed E-state index contributed by atoms with van der Waals surface area (Å²) in [6.45, 7) is 13.6. The Morgan fingerprint density at radius 2 is 1.13 bits per heavy atom. The van der Waals surface area contributed by atoms with Gasteiger partial charge in [-0.15, -0.1) is 0 Å². The standard InChI is InChI=1S/C8H18N4.2BrH.Pd/c1-7(2)9-5-11-12-6-10-8(3)4;;;/h7-12H,1-4H3;2*1H;/q;;;+2/p-2. The van der Waals surface area contributed by atoms with Crippen LogP contribution in [0.4, 0.5) is 0 Å². The molecule has 0 heterocycles. The molecular formula is C8H18Br2N4Pd. The zero-order chi connectivity index (χ0) is 12.1. The maximum absolute atomic E-state index is 3.11. The first-order valence-corrected chi connectivity index (χ1v) is 11.5. The molecule has 0 saturated heterocycles. The van der Waals surface area contributed by atoms with Gasteiger partial charge in [-0.25, -0.2) is 10.9 Å². The first-order valence-electron chi connectivity index (χ1n) is 4.38. The van der Waals surface area contributed by atoms with Crippen LogP contribution in [-0.2, 0) is 13.9 Å². The van der Waals surface area contributed by atoms with Gasteiger partial charge in [-0.1, -0.05) is 0 Å². The van der Waals surface area contributed by atoms with E-state index in [0.717, 1.165) is 0 Å². The van der Waals surface area contributed by atoms with E-state index in [-0.39, 0.29) is 0 Å². The third kappa shape index (κ3) is 25.6. The summed E-state index contributed by atoms with van der Waals surface area (Å²) in [5.41, 5.74) is 5.37. The number of hydrogen-bond donors (Lipinski definition) is 4. The second-order valence-electron chi connectivity index (χ2n) is 3.14. The van der Waals surface area contributed by atoms with E-state index < -0.39 is 0 Å².